The van der Waals surface area contributed by atoms with Crippen LogP contribution in [0.5, 0.6) is 0 Å². The third-order valence-corrected chi connectivity index (χ3v) is 3.08. The maximum atomic E-state index is 12.3. The second-order valence-corrected chi connectivity index (χ2v) is 4.58. The van der Waals surface area contributed by atoms with E-state index in [4.69, 9.17) is 5.73 Å². The highest BCUT2D eigenvalue weighted by Crippen LogP contribution is 2.32. The van der Waals surface area contributed by atoms with Crippen LogP contribution < -0.4 is 11.1 Å². The summed E-state index contributed by atoms with van der Waals surface area (Å²) in [5.74, 6) is -0.0556. The predicted octanol–water partition coefficient (Wildman–Crippen LogP) is 2.41. The first kappa shape index (κ1) is 19.9. The van der Waals surface area contributed by atoms with Gasteiger partial charge in [0.05, 0.1) is 5.56 Å². The van der Waals surface area contributed by atoms with E-state index < -0.39 is 17.8 Å². The number of halogens is 5. The smallest absolute Gasteiger partial charge is 0.348 e. The first-order valence-corrected chi connectivity index (χ1v) is 5.96. The molecule has 0 aromatic carbocycles. The van der Waals surface area contributed by atoms with E-state index in [0.717, 1.165) is 31.2 Å². The van der Waals surface area contributed by atoms with Crippen LogP contribution in [-0.4, -0.2) is 23.5 Å². The van der Waals surface area contributed by atoms with Gasteiger partial charge in [0, 0.05) is 18.8 Å². The Labute approximate surface area is 132 Å². The van der Waals surface area contributed by atoms with Crippen LogP contribution >= 0.6 is 24.8 Å². The molecule has 0 bridgehead atoms. The summed E-state index contributed by atoms with van der Waals surface area (Å²) in [6.45, 7) is 0.324. The number of amides is 1. The molecule has 120 valence electrons. The summed E-state index contributed by atoms with van der Waals surface area (Å²) >= 11 is 0. The Balaban J connectivity index is 0.00000200. The molecule has 1 aromatic heterocycles. The van der Waals surface area contributed by atoms with E-state index in [1.807, 2.05) is 0 Å². The van der Waals surface area contributed by atoms with Gasteiger partial charge in [0.1, 0.15) is 5.69 Å². The first-order chi connectivity index (χ1) is 8.91. The van der Waals surface area contributed by atoms with Crippen LogP contribution in [-0.2, 0) is 6.18 Å². The van der Waals surface area contributed by atoms with Gasteiger partial charge >= 0.3 is 6.18 Å². The lowest BCUT2D eigenvalue weighted by atomic mass is 10.1. The summed E-state index contributed by atoms with van der Waals surface area (Å²) in [6.07, 6.45) is -1.53. The van der Waals surface area contributed by atoms with E-state index in [1.54, 1.807) is 0 Å². The van der Waals surface area contributed by atoms with Gasteiger partial charge in [0.2, 0.25) is 0 Å². The van der Waals surface area contributed by atoms with E-state index in [9.17, 15) is 18.0 Å². The minimum absolute atomic E-state index is 0. The Morgan fingerprint density at radius 2 is 2.00 bits per heavy atom. The van der Waals surface area contributed by atoms with Gasteiger partial charge in [-0.2, -0.15) is 13.2 Å². The summed E-state index contributed by atoms with van der Waals surface area (Å²) in [4.78, 5) is 15.1. The lowest BCUT2D eigenvalue weighted by Gasteiger charge is -2.16. The van der Waals surface area contributed by atoms with Gasteiger partial charge in [0.25, 0.3) is 5.91 Å². The average Bonchev–Trinajstić information content (AvgIpc) is 3.19. The van der Waals surface area contributed by atoms with Gasteiger partial charge in [-0.3, -0.25) is 9.78 Å². The number of rotatable bonds is 4. The first-order valence-electron chi connectivity index (χ1n) is 5.96. The van der Waals surface area contributed by atoms with Crippen molar-refractivity contribution in [1.82, 2.24) is 10.3 Å². The Bertz CT molecular complexity index is 464. The Morgan fingerprint density at radius 3 is 2.38 bits per heavy atom. The topological polar surface area (TPSA) is 68.0 Å². The van der Waals surface area contributed by atoms with Gasteiger partial charge in [-0.1, -0.05) is 0 Å². The van der Waals surface area contributed by atoms with Crippen LogP contribution in [0.15, 0.2) is 18.3 Å². The normalized spacial score (nSPS) is 15.4. The largest absolute Gasteiger partial charge is 0.433 e. The summed E-state index contributed by atoms with van der Waals surface area (Å²) < 4.78 is 37.0. The number of carbonyl (C=O) groups is 1. The SMILES string of the molecule is Cl.Cl.NCC(NC(=O)c1ccc(C(F)(F)F)nc1)C1CC1. The van der Waals surface area contributed by atoms with Crippen LogP contribution in [0, 0.1) is 5.92 Å². The molecule has 0 saturated heterocycles. The fraction of sp³-hybridized carbons (Fsp3) is 0.500. The van der Waals surface area contributed by atoms with E-state index in [0.29, 0.717) is 12.5 Å². The maximum Gasteiger partial charge on any atom is 0.433 e. The molecule has 0 aliphatic heterocycles. The zero-order valence-corrected chi connectivity index (χ0v) is 12.5. The molecule has 0 spiro atoms. The Kier molecular flexibility index (Phi) is 7.43. The third-order valence-electron chi connectivity index (χ3n) is 3.08. The molecule has 2 rings (SSSR count). The van der Waals surface area contributed by atoms with Crippen molar-refractivity contribution in [2.24, 2.45) is 11.7 Å². The lowest BCUT2D eigenvalue weighted by Crippen LogP contribution is -2.41. The fourth-order valence-electron chi connectivity index (χ4n) is 1.82. The van der Waals surface area contributed by atoms with E-state index in [-0.39, 0.29) is 36.4 Å². The minimum atomic E-state index is -4.50. The van der Waals surface area contributed by atoms with Gasteiger partial charge in [-0.15, -0.1) is 24.8 Å². The molecular formula is C12H16Cl2F3N3O. The van der Waals surface area contributed by atoms with Crippen LogP contribution in [0.2, 0.25) is 0 Å². The highest BCUT2D eigenvalue weighted by Gasteiger charge is 2.33. The van der Waals surface area contributed by atoms with Crippen molar-refractivity contribution in [3.63, 3.8) is 0 Å². The predicted molar refractivity (Wildman–Crippen MR) is 76.8 cm³/mol. The van der Waals surface area contributed by atoms with Crippen molar-refractivity contribution in [1.29, 1.82) is 0 Å². The number of pyridine rings is 1. The van der Waals surface area contributed by atoms with Crippen LogP contribution in [0.3, 0.4) is 0 Å². The molecule has 0 radical (unpaired) electrons. The van der Waals surface area contributed by atoms with Crippen LogP contribution in [0.1, 0.15) is 28.9 Å². The highest BCUT2D eigenvalue weighted by atomic mass is 35.5. The second-order valence-electron chi connectivity index (χ2n) is 4.58. The Hall–Kier alpha value is -1.05. The molecule has 1 heterocycles. The van der Waals surface area contributed by atoms with E-state index >= 15 is 0 Å². The van der Waals surface area contributed by atoms with Gasteiger partial charge in [-0.05, 0) is 30.9 Å². The van der Waals surface area contributed by atoms with Crippen molar-refractivity contribution in [2.45, 2.75) is 25.1 Å². The highest BCUT2D eigenvalue weighted by molar-refractivity contribution is 5.94. The molecule has 1 aliphatic carbocycles. The lowest BCUT2D eigenvalue weighted by molar-refractivity contribution is -0.141. The van der Waals surface area contributed by atoms with Crippen molar-refractivity contribution in [2.75, 3.05) is 6.54 Å². The van der Waals surface area contributed by atoms with Crippen LogP contribution in [0.4, 0.5) is 13.2 Å². The van der Waals surface area contributed by atoms with Gasteiger partial charge < -0.3 is 11.1 Å². The molecular weight excluding hydrogens is 330 g/mol. The second kappa shape index (κ2) is 7.82. The number of hydrogen-bond acceptors (Lipinski definition) is 3. The number of alkyl halides is 3. The van der Waals surface area contributed by atoms with Crippen molar-refractivity contribution in [3.8, 4) is 0 Å². The maximum absolute atomic E-state index is 12.3. The van der Waals surface area contributed by atoms with E-state index in [1.165, 1.54) is 0 Å². The number of carbonyl (C=O) groups excluding carboxylic acids is 1. The van der Waals surface area contributed by atoms with Crippen molar-refractivity contribution < 1.29 is 18.0 Å². The monoisotopic (exact) mass is 345 g/mol. The molecule has 3 N–H and O–H groups in total. The number of hydrogen-bond donors (Lipinski definition) is 2. The molecule has 1 aliphatic rings. The van der Waals surface area contributed by atoms with Crippen molar-refractivity contribution >= 4 is 30.7 Å². The number of aromatic nitrogens is 1. The standard InChI is InChI=1S/C12H14F3N3O.2ClH/c13-12(14,15)10-4-3-8(6-17-10)11(19)18-9(5-16)7-1-2-7;;/h3-4,6-7,9H,1-2,5,16H2,(H,18,19);2*1H. The molecule has 1 unspecified atom stereocenters. The molecule has 1 atom stereocenters. The Morgan fingerprint density at radius 1 is 1.38 bits per heavy atom. The van der Waals surface area contributed by atoms with Gasteiger partial charge in [0.15, 0.2) is 0 Å². The minimum Gasteiger partial charge on any atom is -0.348 e. The van der Waals surface area contributed by atoms with Crippen LogP contribution in [0.25, 0.3) is 0 Å². The summed E-state index contributed by atoms with van der Waals surface area (Å²) in [5, 5.41) is 2.72. The molecule has 1 fully saturated rings. The average molecular weight is 346 g/mol. The number of nitrogens with zero attached hydrogens (tertiary/aromatic N) is 1. The summed E-state index contributed by atoms with van der Waals surface area (Å²) in [6, 6.07) is 1.80. The summed E-state index contributed by atoms with van der Waals surface area (Å²) in [5.41, 5.74) is 4.63. The van der Waals surface area contributed by atoms with E-state index in [2.05, 4.69) is 10.3 Å². The zero-order chi connectivity index (χ0) is 14.0. The molecule has 1 amide bonds. The number of nitrogens with two attached hydrogens (primary N) is 1. The summed E-state index contributed by atoms with van der Waals surface area (Å²) in [7, 11) is 0. The molecule has 21 heavy (non-hydrogen) atoms. The van der Waals surface area contributed by atoms with Gasteiger partial charge in [-0.25, -0.2) is 0 Å². The number of nitrogens with one attached hydrogen (secondary N) is 1. The fourth-order valence-corrected chi connectivity index (χ4v) is 1.82. The quantitative estimate of drug-likeness (QED) is 0.880. The zero-order valence-electron chi connectivity index (χ0n) is 10.9. The molecule has 1 saturated carbocycles. The third kappa shape index (κ3) is 5.33. The van der Waals surface area contributed by atoms with Crippen molar-refractivity contribution in [3.05, 3.63) is 29.6 Å². The molecule has 4 nitrogen and oxygen atoms in total. The molecule has 1 aromatic rings. The molecule has 9 heteroatoms.